The molecule has 0 aromatic carbocycles. The Balaban J connectivity index is 2.47. The molecule has 1 heterocycles. The Morgan fingerprint density at radius 3 is 2.60 bits per heavy atom. The number of rotatable bonds is 4. The molecular weight excluding hydrogens is 204 g/mol. The van der Waals surface area contributed by atoms with Gasteiger partial charge in [0.25, 0.3) is 0 Å². The fourth-order valence-corrected chi connectivity index (χ4v) is 2.41. The highest BCUT2D eigenvalue weighted by Gasteiger charge is 2.17. The molecule has 0 fully saturated rings. The van der Waals surface area contributed by atoms with Gasteiger partial charge in [0, 0.05) is 16.8 Å². The van der Waals surface area contributed by atoms with Gasteiger partial charge in [-0.05, 0) is 26.2 Å². The summed E-state index contributed by atoms with van der Waals surface area (Å²) < 4.78 is 0. The first-order valence-corrected chi connectivity index (χ1v) is 6.48. The second kappa shape index (κ2) is 5.08. The van der Waals surface area contributed by atoms with Crippen LogP contribution in [0.15, 0.2) is 5.38 Å². The monoisotopic (exact) mass is 226 g/mol. The number of hydrogen-bond donors (Lipinski definition) is 1. The van der Waals surface area contributed by atoms with Gasteiger partial charge in [0.15, 0.2) is 0 Å². The average Bonchev–Trinajstić information content (AvgIpc) is 2.51. The van der Waals surface area contributed by atoms with Crippen LogP contribution in [0.3, 0.4) is 0 Å². The topological polar surface area (TPSA) is 38.9 Å². The highest BCUT2D eigenvalue weighted by atomic mass is 32.1. The number of hydrogen-bond acceptors (Lipinski definition) is 3. The SMILES string of the molecule is CC(N)CCCc1nc(C(C)(C)C)cs1. The molecule has 0 aliphatic carbocycles. The number of aromatic nitrogens is 1. The normalized spacial score (nSPS) is 14.2. The summed E-state index contributed by atoms with van der Waals surface area (Å²) in [5.74, 6) is 0. The van der Waals surface area contributed by atoms with Gasteiger partial charge in [-0.3, -0.25) is 0 Å². The van der Waals surface area contributed by atoms with Crippen molar-refractivity contribution in [2.24, 2.45) is 5.73 Å². The minimum atomic E-state index is 0.176. The fourth-order valence-electron chi connectivity index (χ4n) is 1.35. The van der Waals surface area contributed by atoms with E-state index in [-0.39, 0.29) is 5.41 Å². The Morgan fingerprint density at radius 1 is 1.47 bits per heavy atom. The van der Waals surface area contributed by atoms with Crippen molar-refractivity contribution in [2.75, 3.05) is 0 Å². The summed E-state index contributed by atoms with van der Waals surface area (Å²) in [5.41, 5.74) is 7.10. The van der Waals surface area contributed by atoms with E-state index in [9.17, 15) is 0 Å². The van der Waals surface area contributed by atoms with Crippen LogP contribution in [0.25, 0.3) is 0 Å². The van der Waals surface area contributed by atoms with E-state index in [1.807, 2.05) is 0 Å². The molecule has 0 spiro atoms. The number of aryl methyl sites for hydroxylation is 1. The molecule has 0 saturated carbocycles. The number of nitrogens with zero attached hydrogens (tertiary/aromatic N) is 1. The predicted molar refractivity (Wildman–Crippen MR) is 67.4 cm³/mol. The van der Waals surface area contributed by atoms with Gasteiger partial charge in [0.1, 0.15) is 0 Å². The molecule has 1 aromatic rings. The van der Waals surface area contributed by atoms with Gasteiger partial charge in [0.2, 0.25) is 0 Å². The molecule has 0 aliphatic rings. The molecular formula is C12H22N2S. The van der Waals surface area contributed by atoms with E-state index < -0.39 is 0 Å². The summed E-state index contributed by atoms with van der Waals surface area (Å²) in [6.07, 6.45) is 3.31. The van der Waals surface area contributed by atoms with E-state index in [0.717, 1.165) is 19.3 Å². The van der Waals surface area contributed by atoms with Crippen LogP contribution in [-0.4, -0.2) is 11.0 Å². The van der Waals surface area contributed by atoms with Crippen LogP contribution in [0, 0.1) is 0 Å². The Hall–Kier alpha value is -0.410. The molecule has 1 atom stereocenters. The molecule has 2 nitrogen and oxygen atoms in total. The van der Waals surface area contributed by atoms with E-state index in [1.54, 1.807) is 11.3 Å². The molecule has 2 N–H and O–H groups in total. The van der Waals surface area contributed by atoms with Gasteiger partial charge in [0.05, 0.1) is 10.7 Å². The molecule has 0 bridgehead atoms. The van der Waals surface area contributed by atoms with Crippen LogP contribution in [-0.2, 0) is 11.8 Å². The molecule has 0 amide bonds. The average molecular weight is 226 g/mol. The van der Waals surface area contributed by atoms with Crippen LogP contribution in [0.2, 0.25) is 0 Å². The van der Waals surface area contributed by atoms with Gasteiger partial charge in [-0.2, -0.15) is 0 Å². The maximum absolute atomic E-state index is 5.71. The lowest BCUT2D eigenvalue weighted by Gasteiger charge is -2.14. The van der Waals surface area contributed by atoms with Gasteiger partial charge in [-0.15, -0.1) is 11.3 Å². The van der Waals surface area contributed by atoms with Crippen molar-refractivity contribution in [1.82, 2.24) is 4.98 Å². The van der Waals surface area contributed by atoms with Crippen LogP contribution in [0.5, 0.6) is 0 Å². The van der Waals surface area contributed by atoms with E-state index in [2.05, 4.69) is 38.1 Å². The highest BCUT2D eigenvalue weighted by molar-refractivity contribution is 7.09. The summed E-state index contributed by atoms with van der Waals surface area (Å²) in [6, 6.07) is 0.312. The maximum atomic E-state index is 5.71. The Morgan fingerprint density at radius 2 is 2.13 bits per heavy atom. The smallest absolute Gasteiger partial charge is 0.0928 e. The Bertz CT molecular complexity index is 297. The molecule has 3 heteroatoms. The van der Waals surface area contributed by atoms with Crippen LogP contribution in [0.4, 0.5) is 0 Å². The van der Waals surface area contributed by atoms with E-state index in [1.165, 1.54) is 10.7 Å². The first-order valence-electron chi connectivity index (χ1n) is 5.60. The number of nitrogens with two attached hydrogens (primary N) is 1. The quantitative estimate of drug-likeness (QED) is 0.856. The van der Waals surface area contributed by atoms with Gasteiger partial charge in [-0.25, -0.2) is 4.98 Å². The lowest BCUT2D eigenvalue weighted by Crippen LogP contribution is -2.14. The second-order valence-corrected chi connectivity index (χ2v) is 6.19. The van der Waals surface area contributed by atoms with E-state index in [4.69, 9.17) is 5.73 Å². The molecule has 86 valence electrons. The number of thiazole rings is 1. The third-order valence-electron chi connectivity index (χ3n) is 2.37. The third kappa shape index (κ3) is 4.31. The fraction of sp³-hybridized carbons (Fsp3) is 0.750. The van der Waals surface area contributed by atoms with E-state index in [0.29, 0.717) is 6.04 Å². The second-order valence-electron chi connectivity index (χ2n) is 5.25. The summed E-state index contributed by atoms with van der Waals surface area (Å²) in [6.45, 7) is 8.66. The lowest BCUT2D eigenvalue weighted by molar-refractivity contribution is 0.568. The zero-order chi connectivity index (χ0) is 11.5. The van der Waals surface area contributed by atoms with Crippen LogP contribution in [0.1, 0.15) is 51.2 Å². The highest BCUT2D eigenvalue weighted by Crippen LogP contribution is 2.24. The molecule has 1 aromatic heterocycles. The maximum Gasteiger partial charge on any atom is 0.0928 e. The molecule has 1 rings (SSSR count). The van der Waals surface area contributed by atoms with Gasteiger partial charge >= 0.3 is 0 Å². The summed E-state index contributed by atoms with van der Waals surface area (Å²) >= 11 is 1.78. The van der Waals surface area contributed by atoms with Crippen molar-refractivity contribution in [3.05, 3.63) is 16.1 Å². The van der Waals surface area contributed by atoms with Gasteiger partial charge < -0.3 is 5.73 Å². The molecule has 1 unspecified atom stereocenters. The third-order valence-corrected chi connectivity index (χ3v) is 3.28. The standard InChI is InChI=1S/C12H22N2S/c1-9(13)6-5-7-11-14-10(8-15-11)12(2,3)4/h8-9H,5-7,13H2,1-4H3. The minimum absolute atomic E-state index is 0.176. The van der Waals surface area contributed by atoms with Crippen molar-refractivity contribution in [1.29, 1.82) is 0 Å². The Kier molecular flexibility index (Phi) is 4.29. The first-order chi connectivity index (χ1) is 6.89. The first kappa shape index (κ1) is 12.7. The summed E-state index contributed by atoms with van der Waals surface area (Å²) in [7, 11) is 0. The van der Waals surface area contributed by atoms with Crippen LogP contribution < -0.4 is 5.73 Å². The van der Waals surface area contributed by atoms with Crippen molar-refractivity contribution in [2.45, 2.75) is 58.4 Å². The van der Waals surface area contributed by atoms with Gasteiger partial charge in [-0.1, -0.05) is 20.8 Å². The molecule has 15 heavy (non-hydrogen) atoms. The molecule has 0 radical (unpaired) electrons. The summed E-state index contributed by atoms with van der Waals surface area (Å²) in [5, 5.41) is 3.43. The van der Waals surface area contributed by atoms with E-state index >= 15 is 0 Å². The lowest BCUT2D eigenvalue weighted by atomic mass is 9.93. The zero-order valence-corrected chi connectivity index (χ0v) is 11.0. The largest absolute Gasteiger partial charge is 0.328 e. The molecule has 0 saturated heterocycles. The van der Waals surface area contributed by atoms with Crippen molar-refractivity contribution in [3.8, 4) is 0 Å². The van der Waals surface area contributed by atoms with Crippen molar-refractivity contribution in [3.63, 3.8) is 0 Å². The molecule has 0 aliphatic heterocycles. The van der Waals surface area contributed by atoms with Crippen LogP contribution >= 0.6 is 11.3 Å². The predicted octanol–water partition coefficient (Wildman–Crippen LogP) is 3.11. The summed E-state index contributed by atoms with van der Waals surface area (Å²) in [4.78, 5) is 4.66. The minimum Gasteiger partial charge on any atom is -0.328 e. The zero-order valence-electron chi connectivity index (χ0n) is 10.2. The van der Waals surface area contributed by atoms with Crippen molar-refractivity contribution < 1.29 is 0 Å². The van der Waals surface area contributed by atoms with Crippen molar-refractivity contribution >= 4 is 11.3 Å². The Labute approximate surface area is 96.9 Å².